The van der Waals surface area contributed by atoms with Gasteiger partial charge in [0, 0.05) is 10.9 Å². The zero-order valence-corrected chi connectivity index (χ0v) is 17.8. The van der Waals surface area contributed by atoms with Crippen LogP contribution in [-0.2, 0) is 5.75 Å². The lowest BCUT2D eigenvalue weighted by molar-refractivity contribution is 0.399. The highest BCUT2D eigenvalue weighted by Crippen LogP contribution is 2.31. The topological polar surface area (TPSA) is 108 Å². The molecule has 0 atom stereocenters. The minimum Gasteiger partial charge on any atom is -0.497 e. The van der Waals surface area contributed by atoms with Crippen LogP contribution in [0.1, 0.15) is 16.3 Å². The number of thioether (sulfide) groups is 1. The Morgan fingerprint density at radius 3 is 2.83 bits per heavy atom. The van der Waals surface area contributed by atoms with Gasteiger partial charge in [-0.15, -0.1) is 16.4 Å². The van der Waals surface area contributed by atoms with Gasteiger partial charge in [-0.3, -0.25) is 4.79 Å². The SMILES string of the molecule is COc1ccc(OC)c(-n2nnnc2SCc2nc3sc(C)c(C)c3c(=O)[nH]2)c1. The molecule has 0 fully saturated rings. The van der Waals surface area contributed by atoms with Crippen LogP contribution in [0.15, 0.2) is 28.2 Å². The predicted molar refractivity (Wildman–Crippen MR) is 112 cm³/mol. The van der Waals surface area contributed by atoms with Crippen molar-refractivity contribution in [3.05, 3.63) is 44.8 Å². The Morgan fingerprint density at radius 2 is 2.07 bits per heavy atom. The molecule has 0 saturated heterocycles. The maximum absolute atomic E-state index is 12.5. The van der Waals surface area contributed by atoms with Crippen molar-refractivity contribution in [1.29, 1.82) is 0 Å². The molecule has 9 nitrogen and oxygen atoms in total. The summed E-state index contributed by atoms with van der Waals surface area (Å²) in [6.07, 6.45) is 0. The largest absolute Gasteiger partial charge is 0.497 e. The maximum Gasteiger partial charge on any atom is 0.259 e. The average Bonchev–Trinajstić information content (AvgIpc) is 3.30. The minimum atomic E-state index is -0.124. The van der Waals surface area contributed by atoms with Crippen LogP contribution in [0.2, 0.25) is 0 Å². The molecular weight excluding hydrogens is 412 g/mol. The van der Waals surface area contributed by atoms with Crippen molar-refractivity contribution in [3.8, 4) is 17.2 Å². The number of benzene rings is 1. The van der Waals surface area contributed by atoms with E-state index in [2.05, 4.69) is 25.5 Å². The van der Waals surface area contributed by atoms with Gasteiger partial charge in [0.2, 0.25) is 5.16 Å². The van der Waals surface area contributed by atoms with Gasteiger partial charge >= 0.3 is 0 Å². The van der Waals surface area contributed by atoms with Gasteiger partial charge in [0.25, 0.3) is 5.56 Å². The zero-order valence-electron chi connectivity index (χ0n) is 16.2. The standard InChI is InChI=1S/C18H18N6O3S2/c1-9-10(2)29-17-15(9)16(25)19-14(20-17)8-28-18-21-22-23-24(18)12-7-11(26-3)5-6-13(12)27-4/h5-7H,8H2,1-4H3,(H,19,20,25). The van der Waals surface area contributed by atoms with Crippen LogP contribution >= 0.6 is 23.1 Å². The molecule has 3 aromatic heterocycles. The van der Waals surface area contributed by atoms with E-state index in [1.807, 2.05) is 13.8 Å². The van der Waals surface area contributed by atoms with Crippen LogP contribution in [0.5, 0.6) is 11.5 Å². The quantitative estimate of drug-likeness (QED) is 0.465. The third-order valence-corrected chi connectivity index (χ3v) is 6.51. The van der Waals surface area contributed by atoms with E-state index in [-0.39, 0.29) is 5.56 Å². The second-order valence-corrected chi connectivity index (χ2v) is 8.32. The van der Waals surface area contributed by atoms with Gasteiger partial charge < -0.3 is 14.5 Å². The van der Waals surface area contributed by atoms with Gasteiger partial charge in [0.05, 0.1) is 25.4 Å². The third kappa shape index (κ3) is 3.58. The van der Waals surface area contributed by atoms with Gasteiger partial charge in [-0.1, -0.05) is 11.8 Å². The Balaban J connectivity index is 1.64. The van der Waals surface area contributed by atoms with Crippen LogP contribution in [0.4, 0.5) is 0 Å². The van der Waals surface area contributed by atoms with E-state index in [0.29, 0.717) is 39.3 Å². The molecule has 0 aliphatic heterocycles. The molecule has 3 heterocycles. The van der Waals surface area contributed by atoms with Crippen molar-refractivity contribution in [2.75, 3.05) is 14.2 Å². The lowest BCUT2D eigenvalue weighted by Gasteiger charge is -2.11. The Kier molecular flexibility index (Phi) is 5.24. The summed E-state index contributed by atoms with van der Waals surface area (Å²) in [7, 11) is 3.17. The van der Waals surface area contributed by atoms with E-state index in [1.54, 1.807) is 37.1 Å². The molecule has 0 saturated carbocycles. The summed E-state index contributed by atoms with van der Waals surface area (Å²) in [4.78, 5) is 21.8. The molecule has 0 bridgehead atoms. The smallest absolute Gasteiger partial charge is 0.259 e. The van der Waals surface area contributed by atoms with Crippen LogP contribution in [-0.4, -0.2) is 44.4 Å². The number of rotatable bonds is 6. The summed E-state index contributed by atoms with van der Waals surface area (Å²) in [5.74, 6) is 2.25. The summed E-state index contributed by atoms with van der Waals surface area (Å²) >= 11 is 2.89. The van der Waals surface area contributed by atoms with Gasteiger partial charge in [-0.25, -0.2) is 4.98 Å². The minimum absolute atomic E-state index is 0.124. The van der Waals surface area contributed by atoms with E-state index >= 15 is 0 Å². The summed E-state index contributed by atoms with van der Waals surface area (Å²) in [5.41, 5.74) is 1.51. The maximum atomic E-state index is 12.5. The number of aromatic amines is 1. The fraction of sp³-hybridized carbons (Fsp3) is 0.278. The van der Waals surface area contributed by atoms with Gasteiger partial charge in [-0.05, 0) is 42.0 Å². The lowest BCUT2D eigenvalue weighted by atomic mass is 10.2. The number of aryl methyl sites for hydroxylation is 2. The number of H-pyrrole nitrogens is 1. The van der Waals surface area contributed by atoms with Gasteiger partial charge in [0.15, 0.2) is 0 Å². The first-order chi connectivity index (χ1) is 14.0. The number of ether oxygens (including phenoxy) is 2. The molecule has 1 N–H and O–H groups in total. The first-order valence-electron chi connectivity index (χ1n) is 8.64. The molecule has 150 valence electrons. The van der Waals surface area contributed by atoms with Crippen LogP contribution < -0.4 is 15.0 Å². The van der Waals surface area contributed by atoms with Crippen molar-refractivity contribution in [2.45, 2.75) is 24.8 Å². The number of thiophene rings is 1. The summed E-state index contributed by atoms with van der Waals surface area (Å²) in [6, 6.07) is 5.38. The Morgan fingerprint density at radius 1 is 1.24 bits per heavy atom. The van der Waals surface area contributed by atoms with E-state index in [1.165, 1.54) is 23.1 Å². The molecule has 0 spiro atoms. The highest BCUT2D eigenvalue weighted by molar-refractivity contribution is 7.98. The number of aromatic nitrogens is 6. The number of methoxy groups -OCH3 is 2. The van der Waals surface area contributed by atoms with Crippen molar-refractivity contribution in [1.82, 2.24) is 30.2 Å². The molecule has 0 amide bonds. The Bertz CT molecular complexity index is 1250. The Hall–Kier alpha value is -2.92. The number of fused-ring (bicyclic) bond motifs is 1. The van der Waals surface area contributed by atoms with E-state index in [4.69, 9.17) is 9.47 Å². The summed E-state index contributed by atoms with van der Waals surface area (Å²) < 4.78 is 12.3. The second-order valence-electron chi connectivity index (χ2n) is 6.18. The number of hydrogen-bond donors (Lipinski definition) is 1. The fourth-order valence-corrected chi connectivity index (χ4v) is 4.69. The number of nitrogens with zero attached hydrogens (tertiary/aromatic N) is 5. The van der Waals surface area contributed by atoms with Crippen molar-refractivity contribution < 1.29 is 9.47 Å². The molecule has 0 aliphatic carbocycles. The molecule has 1 aromatic carbocycles. The first kappa shape index (κ1) is 19.4. The molecule has 0 aliphatic rings. The molecule has 0 radical (unpaired) electrons. The van der Waals surface area contributed by atoms with Crippen LogP contribution in [0.25, 0.3) is 15.9 Å². The highest BCUT2D eigenvalue weighted by Gasteiger charge is 2.16. The molecule has 0 unspecified atom stereocenters. The summed E-state index contributed by atoms with van der Waals surface area (Å²) in [5, 5.41) is 13.1. The normalized spacial score (nSPS) is 11.2. The Labute approximate surface area is 174 Å². The van der Waals surface area contributed by atoms with E-state index in [9.17, 15) is 4.79 Å². The fourth-order valence-electron chi connectivity index (χ4n) is 2.88. The van der Waals surface area contributed by atoms with E-state index in [0.717, 1.165) is 15.3 Å². The number of tetrazole rings is 1. The predicted octanol–water partition coefficient (Wildman–Crippen LogP) is 2.89. The first-order valence-corrected chi connectivity index (χ1v) is 10.4. The molecule has 29 heavy (non-hydrogen) atoms. The molecular formula is C18H18N6O3S2. The average molecular weight is 431 g/mol. The van der Waals surface area contributed by atoms with Crippen LogP contribution in [0.3, 0.4) is 0 Å². The van der Waals surface area contributed by atoms with Crippen LogP contribution in [0, 0.1) is 13.8 Å². The number of nitrogens with one attached hydrogen (secondary N) is 1. The van der Waals surface area contributed by atoms with Crippen molar-refractivity contribution in [3.63, 3.8) is 0 Å². The molecule has 11 heteroatoms. The summed E-state index contributed by atoms with van der Waals surface area (Å²) in [6.45, 7) is 3.93. The van der Waals surface area contributed by atoms with E-state index < -0.39 is 0 Å². The van der Waals surface area contributed by atoms with Gasteiger partial charge in [0.1, 0.15) is 27.8 Å². The number of hydrogen-bond acceptors (Lipinski definition) is 9. The monoisotopic (exact) mass is 430 g/mol. The molecule has 4 aromatic rings. The lowest BCUT2D eigenvalue weighted by Crippen LogP contribution is -2.11. The zero-order chi connectivity index (χ0) is 20.5. The van der Waals surface area contributed by atoms with Crippen molar-refractivity contribution >= 4 is 33.3 Å². The third-order valence-electron chi connectivity index (χ3n) is 4.48. The molecule has 4 rings (SSSR count). The highest BCUT2D eigenvalue weighted by atomic mass is 32.2. The van der Waals surface area contributed by atoms with Crippen molar-refractivity contribution in [2.24, 2.45) is 0 Å². The van der Waals surface area contributed by atoms with Gasteiger partial charge in [-0.2, -0.15) is 4.68 Å². The second kappa shape index (κ2) is 7.84.